The molecular formula is C12H26N2. The fraction of sp³-hybridized carbons (Fsp3) is 1.00. The van der Waals surface area contributed by atoms with Crippen molar-refractivity contribution in [3.8, 4) is 0 Å². The summed E-state index contributed by atoms with van der Waals surface area (Å²) in [5, 5.41) is 3.66. The lowest BCUT2D eigenvalue weighted by Crippen LogP contribution is -2.34. The van der Waals surface area contributed by atoms with Crippen molar-refractivity contribution in [1.29, 1.82) is 0 Å². The molecule has 0 aromatic heterocycles. The molecule has 1 aliphatic carbocycles. The summed E-state index contributed by atoms with van der Waals surface area (Å²) in [7, 11) is 0. The Balaban J connectivity index is 2.20. The molecule has 2 unspecified atom stereocenters. The molecule has 0 heterocycles. The summed E-state index contributed by atoms with van der Waals surface area (Å²) in [4.78, 5) is 0. The molecule has 0 aromatic rings. The van der Waals surface area contributed by atoms with Gasteiger partial charge in [0.2, 0.25) is 0 Å². The Bertz CT molecular complexity index is 162. The van der Waals surface area contributed by atoms with Crippen molar-refractivity contribution in [3.05, 3.63) is 0 Å². The normalized spacial score (nSPS) is 27.9. The lowest BCUT2D eigenvalue weighted by atomic mass is 9.92. The predicted octanol–water partition coefficient (Wildman–Crippen LogP) is 2.14. The third kappa shape index (κ3) is 3.58. The molecule has 0 saturated heterocycles. The van der Waals surface area contributed by atoms with Crippen LogP contribution in [0.2, 0.25) is 0 Å². The van der Waals surface area contributed by atoms with Gasteiger partial charge in [-0.1, -0.05) is 27.2 Å². The van der Waals surface area contributed by atoms with Crippen LogP contribution in [-0.4, -0.2) is 19.1 Å². The van der Waals surface area contributed by atoms with Crippen molar-refractivity contribution >= 4 is 0 Å². The zero-order valence-corrected chi connectivity index (χ0v) is 9.97. The Kier molecular flexibility index (Phi) is 4.39. The molecule has 0 amide bonds. The van der Waals surface area contributed by atoms with Gasteiger partial charge in [0, 0.05) is 6.04 Å². The van der Waals surface area contributed by atoms with Crippen molar-refractivity contribution in [2.75, 3.05) is 13.1 Å². The van der Waals surface area contributed by atoms with Gasteiger partial charge < -0.3 is 11.1 Å². The molecule has 14 heavy (non-hydrogen) atoms. The third-order valence-electron chi connectivity index (χ3n) is 3.57. The van der Waals surface area contributed by atoms with E-state index in [4.69, 9.17) is 5.73 Å². The van der Waals surface area contributed by atoms with Gasteiger partial charge in [0.05, 0.1) is 0 Å². The third-order valence-corrected chi connectivity index (χ3v) is 3.57. The van der Waals surface area contributed by atoms with Crippen LogP contribution in [0.15, 0.2) is 0 Å². The highest BCUT2D eigenvalue weighted by molar-refractivity contribution is 4.86. The van der Waals surface area contributed by atoms with Crippen LogP contribution in [0.5, 0.6) is 0 Å². The van der Waals surface area contributed by atoms with Gasteiger partial charge in [-0.25, -0.2) is 0 Å². The fourth-order valence-electron chi connectivity index (χ4n) is 2.34. The van der Waals surface area contributed by atoms with Crippen LogP contribution >= 0.6 is 0 Å². The second-order valence-corrected chi connectivity index (χ2v) is 5.52. The fourth-order valence-corrected chi connectivity index (χ4v) is 2.34. The van der Waals surface area contributed by atoms with Gasteiger partial charge in [0.1, 0.15) is 0 Å². The summed E-state index contributed by atoms with van der Waals surface area (Å²) in [6.07, 6.45) is 5.23. The molecular weight excluding hydrogens is 172 g/mol. The molecule has 3 N–H and O–H groups in total. The molecule has 0 radical (unpaired) electrons. The zero-order chi connectivity index (χ0) is 10.6. The Morgan fingerprint density at radius 1 is 1.50 bits per heavy atom. The molecule has 0 aromatic carbocycles. The summed E-state index contributed by atoms with van der Waals surface area (Å²) < 4.78 is 0. The van der Waals surface area contributed by atoms with E-state index >= 15 is 0 Å². The van der Waals surface area contributed by atoms with E-state index in [0.717, 1.165) is 19.1 Å². The Morgan fingerprint density at radius 2 is 2.21 bits per heavy atom. The van der Waals surface area contributed by atoms with Gasteiger partial charge in [-0.2, -0.15) is 0 Å². The van der Waals surface area contributed by atoms with E-state index < -0.39 is 0 Å². The monoisotopic (exact) mass is 198 g/mol. The molecule has 0 bridgehead atoms. The van der Waals surface area contributed by atoms with E-state index in [-0.39, 0.29) is 0 Å². The maximum absolute atomic E-state index is 5.68. The van der Waals surface area contributed by atoms with Crippen LogP contribution < -0.4 is 11.1 Å². The first-order valence-corrected chi connectivity index (χ1v) is 6.01. The maximum Gasteiger partial charge on any atom is 0.00724 e. The molecule has 0 aliphatic heterocycles. The average molecular weight is 198 g/mol. The number of hydrogen-bond donors (Lipinski definition) is 2. The Hall–Kier alpha value is -0.0800. The van der Waals surface area contributed by atoms with Crippen molar-refractivity contribution in [2.45, 2.75) is 52.5 Å². The van der Waals surface area contributed by atoms with Crippen LogP contribution in [-0.2, 0) is 0 Å². The zero-order valence-electron chi connectivity index (χ0n) is 9.97. The van der Waals surface area contributed by atoms with Crippen LogP contribution in [0.4, 0.5) is 0 Å². The van der Waals surface area contributed by atoms with Gasteiger partial charge in [-0.3, -0.25) is 0 Å². The Labute approximate surface area is 88.6 Å². The van der Waals surface area contributed by atoms with Crippen LogP contribution in [0.1, 0.15) is 46.5 Å². The van der Waals surface area contributed by atoms with Crippen molar-refractivity contribution in [2.24, 2.45) is 17.1 Å². The summed E-state index contributed by atoms with van der Waals surface area (Å²) in [5.74, 6) is 0.665. The first-order chi connectivity index (χ1) is 6.57. The average Bonchev–Trinajstić information content (AvgIpc) is 2.47. The quantitative estimate of drug-likeness (QED) is 0.710. The predicted molar refractivity (Wildman–Crippen MR) is 62.3 cm³/mol. The minimum atomic E-state index is 0.558. The second-order valence-electron chi connectivity index (χ2n) is 5.52. The summed E-state index contributed by atoms with van der Waals surface area (Å²) >= 11 is 0. The lowest BCUT2D eigenvalue weighted by Gasteiger charge is -2.20. The van der Waals surface area contributed by atoms with Crippen LogP contribution in [0.25, 0.3) is 0 Å². The van der Waals surface area contributed by atoms with Crippen LogP contribution in [0.3, 0.4) is 0 Å². The molecule has 2 atom stereocenters. The summed E-state index contributed by atoms with van der Waals surface area (Å²) in [5.41, 5.74) is 6.24. The van der Waals surface area contributed by atoms with Gasteiger partial charge in [-0.15, -0.1) is 0 Å². The first-order valence-electron chi connectivity index (χ1n) is 6.01. The molecule has 1 fully saturated rings. The number of rotatable bonds is 5. The first kappa shape index (κ1) is 12.0. The highest BCUT2D eigenvalue weighted by Crippen LogP contribution is 2.36. The molecule has 2 heteroatoms. The lowest BCUT2D eigenvalue weighted by molar-refractivity contribution is 0.354. The number of hydrogen-bond acceptors (Lipinski definition) is 2. The van der Waals surface area contributed by atoms with Crippen molar-refractivity contribution < 1.29 is 0 Å². The summed E-state index contributed by atoms with van der Waals surface area (Å²) in [6.45, 7) is 8.88. The van der Waals surface area contributed by atoms with Gasteiger partial charge >= 0.3 is 0 Å². The van der Waals surface area contributed by atoms with Crippen molar-refractivity contribution in [1.82, 2.24) is 5.32 Å². The molecule has 2 nitrogen and oxygen atoms in total. The smallest absolute Gasteiger partial charge is 0.00724 e. The molecule has 0 spiro atoms. The van der Waals surface area contributed by atoms with E-state index in [1.54, 1.807) is 0 Å². The molecule has 84 valence electrons. The van der Waals surface area contributed by atoms with Gasteiger partial charge in [0.15, 0.2) is 0 Å². The van der Waals surface area contributed by atoms with Crippen LogP contribution in [0, 0.1) is 11.3 Å². The summed E-state index contributed by atoms with van der Waals surface area (Å²) in [6, 6.07) is 0.741. The van der Waals surface area contributed by atoms with E-state index in [9.17, 15) is 0 Å². The van der Waals surface area contributed by atoms with E-state index in [1.807, 2.05) is 0 Å². The minimum absolute atomic E-state index is 0.558. The van der Waals surface area contributed by atoms with Crippen molar-refractivity contribution in [3.63, 3.8) is 0 Å². The Morgan fingerprint density at radius 3 is 2.64 bits per heavy atom. The van der Waals surface area contributed by atoms with E-state index in [0.29, 0.717) is 11.3 Å². The van der Waals surface area contributed by atoms with Gasteiger partial charge in [0.25, 0.3) is 0 Å². The highest BCUT2D eigenvalue weighted by atomic mass is 14.9. The number of nitrogens with one attached hydrogen (secondary N) is 1. The van der Waals surface area contributed by atoms with Gasteiger partial charge in [-0.05, 0) is 43.7 Å². The maximum atomic E-state index is 5.68. The van der Waals surface area contributed by atoms with E-state index in [2.05, 4.69) is 26.1 Å². The SMILES string of the molecule is CCC(CN)CNC1CCC(C)(C)C1. The molecule has 1 rings (SSSR count). The topological polar surface area (TPSA) is 38.0 Å². The highest BCUT2D eigenvalue weighted by Gasteiger charge is 2.30. The van der Waals surface area contributed by atoms with E-state index in [1.165, 1.54) is 25.7 Å². The second kappa shape index (κ2) is 5.13. The largest absolute Gasteiger partial charge is 0.330 e. The number of nitrogens with two attached hydrogens (primary N) is 1. The molecule has 1 saturated carbocycles. The standard InChI is InChI=1S/C12H26N2/c1-4-10(8-13)9-14-11-5-6-12(2,3)7-11/h10-11,14H,4-9,13H2,1-3H3. The minimum Gasteiger partial charge on any atom is -0.330 e. The molecule has 1 aliphatic rings.